The second-order valence-corrected chi connectivity index (χ2v) is 4.00. The first kappa shape index (κ1) is 10.1. The van der Waals surface area contributed by atoms with Gasteiger partial charge in [-0.15, -0.1) is 0 Å². The summed E-state index contributed by atoms with van der Waals surface area (Å²) < 4.78 is 0. The third kappa shape index (κ3) is 3.50. The summed E-state index contributed by atoms with van der Waals surface area (Å²) >= 11 is 1.77. The van der Waals surface area contributed by atoms with Gasteiger partial charge in [-0.3, -0.25) is 4.79 Å². The van der Waals surface area contributed by atoms with Crippen molar-refractivity contribution in [2.24, 2.45) is 0 Å². The number of anilines is 1. The van der Waals surface area contributed by atoms with Gasteiger partial charge in [0, 0.05) is 17.9 Å². The van der Waals surface area contributed by atoms with Crippen LogP contribution in [0.5, 0.6) is 0 Å². The molecule has 72 valence electrons. The van der Waals surface area contributed by atoms with Gasteiger partial charge in [0.2, 0.25) is 0 Å². The Kier molecular flexibility index (Phi) is 3.82. The van der Waals surface area contributed by atoms with Crippen LogP contribution in [0.2, 0.25) is 0 Å². The molecule has 1 aromatic rings. The molecule has 0 aliphatic heterocycles. The molecule has 0 fully saturated rings. The van der Waals surface area contributed by atoms with Crippen molar-refractivity contribution in [3.05, 3.63) is 22.7 Å². The predicted octanol–water partition coefficient (Wildman–Crippen LogP) is 0.933. The largest absolute Gasteiger partial charge is 0.369 e. The van der Waals surface area contributed by atoms with Crippen molar-refractivity contribution in [2.75, 3.05) is 18.1 Å². The van der Waals surface area contributed by atoms with Crippen molar-refractivity contribution in [1.29, 1.82) is 0 Å². The van der Waals surface area contributed by atoms with Crippen molar-refractivity contribution in [3.8, 4) is 0 Å². The maximum absolute atomic E-state index is 10.9. The number of rotatable bonds is 4. The van der Waals surface area contributed by atoms with Gasteiger partial charge in [0.15, 0.2) is 0 Å². The van der Waals surface area contributed by atoms with Gasteiger partial charge in [0.1, 0.15) is 5.82 Å². The maximum Gasteiger partial charge on any atom is 0.252 e. The van der Waals surface area contributed by atoms with Gasteiger partial charge in [-0.2, -0.15) is 11.8 Å². The van der Waals surface area contributed by atoms with E-state index in [0.29, 0.717) is 11.1 Å². The summed E-state index contributed by atoms with van der Waals surface area (Å²) in [5.41, 5.74) is -0.130. The van der Waals surface area contributed by atoms with Crippen molar-refractivity contribution >= 4 is 17.6 Å². The lowest BCUT2D eigenvalue weighted by molar-refractivity contribution is 0.981. The highest BCUT2D eigenvalue weighted by Gasteiger charge is 1.99. The van der Waals surface area contributed by atoms with Crippen molar-refractivity contribution in [2.45, 2.75) is 12.2 Å². The highest BCUT2D eigenvalue weighted by Crippen LogP contribution is 2.05. The van der Waals surface area contributed by atoms with E-state index >= 15 is 0 Å². The number of nitrogens with one attached hydrogen (secondary N) is 2. The van der Waals surface area contributed by atoms with Crippen molar-refractivity contribution in [3.63, 3.8) is 0 Å². The summed E-state index contributed by atoms with van der Waals surface area (Å²) in [4.78, 5) is 17.3. The van der Waals surface area contributed by atoms with Crippen LogP contribution in [0.25, 0.3) is 0 Å². The molecule has 0 radical (unpaired) electrons. The van der Waals surface area contributed by atoms with Crippen LogP contribution in [0.15, 0.2) is 17.2 Å². The Balaban J connectivity index is 2.50. The molecule has 2 N–H and O–H groups in total. The normalized spacial score (nSPS) is 12.5. The van der Waals surface area contributed by atoms with Crippen LogP contribution in [0.4, 0.5) is 5.82 Å². The number of thioether (sulfide) groups is 1. The zero-order chi connectivity index (χ0) is 9.68. The fraction of sp³-hybridized carbons (Fsp3) is 0.500. The summed E-state index contributed by atoms with van der Waals surface area (Å²) in [5, 5.41) is 3.60. The first-order chi connectivity index (χ1) is 6.22. The van der Waals surface area contributed by atoms with E-state index < -0.39 is 0 Å². The summed E-state index contributed by atoms with van der Waals surface area (Å²) in [6.07, 6.45) is 3.45. The molecule has 0 aliphatic rings. The third-order valence-corrected chi connectivity index (χ3v) is 2.62. The molecule has 0 spiro atoms. The molecule has 1 unspecified atom stereocenters. The second kappa shape index (κ2) is 4.91. The number of aromatic amines is 1. The molecule has 0 amide bonds. The molecule has 1 aromatic heterocycles. The molecule has 0 saturated heterocycles. The number of H-pyrrole nitrogens is 1. The number of nitrogens with zero attached hydrogens (tertiary/aromatic N) is 1. The van der Waals surface area contributed by atoms with E-state index in [1.165, 1.54) is 12.4 Å². The van der Waals surface area contributed by atoms with Crippen LogP contribution in [-0.4, -0.2) is 28.0 Å². The van der Waals surface area contributed by atoms with Crippen molar-refractivity contribution < 1.29 is 0 Å². The predicted molar refractivity (Wildman–Crippen MR) is 56.3 cm³/mol. The van der Waals surface area contributed by atoms with Crippen LogP contribution >= 0.6 is 11.8 Å². The first-order valence-corrected chi connectivity index (χ1v) is 5.32. The first-order valence-electron chi connectivity index (χ1n) is 4.04. The number of hydrogen-bond acceptors (Lipinski definition) is 4. The minimum Gasteiger partial charge on any atom is -0.369 e. The average Bonchev–Trinajstić information content (AvgIpc) is 2.14. The zero-order valence-electron chi connectivity index (χ0n) is 7.70. The van der Waals surface area contributed by atoms with Gasteiger partial charge < -0.3 is 10.3 Å². The zero-order valence-corrected chi connectivity index (χ0v) is 8.52. The van der Waals surface area contributed by atoms with Gasteiger partial charge in [-0.05, 0) is 6.26 Å². The van der Waals surface area contributed by atoms with E-state index in [-0.39, 0.29) is 5.56 Å². The fourth-order valence-corrected chi connectivity index (χ4v) is 1.05. The molecule has 1 rings (SSSR count). The Hall–Kier alpha value is -0.970. The highest BCUT2D eigenvalue weighted by molar-refractivity contribution is 7.99. The number of aromatic nitrogens is 2. The molecule has 13 heavy (non-hydrogen) atoms. The molecule has 4 nitrogen and oxygen atoms in total. The van der Waals surface area contributed by atoms with E-state index in [9.17, 15) is 4.79 Å². The van der Waals surface area contributed by atoms with Crippen LogP contribution in [-0.2, 0) is 0 Å². The average molecular weight is 199 g/mol. The Morgan fingerprint density at radius 1 is 1.77 bits per heavy atom. The molecule has 0 aliphatic carbocycles. The van der Waals surface area contributed by atoms with Crippen molar-refractivity contribution in [1.82, 2.24) is 9.97 Å². The highest BCUT2D eigenvalue weighted by atomic mass is 32.2. The molecule has 1 atom stereocenters. The minimum atomic E-state index is -0.130. The molecular formula is C8H13N3OS. The van der Waals surface area contributed by atoms with Gasteiger partial charge >= 0.3 is 0 Å². The SMILES string of the molecule is CSC(C)CNc1cc(=O)[nH]cn1. The van der Waals surface area contributed by atoms with Gasteiger partial charge in [0.05, 0.1) is 6.33 Å². The topological polar surface area (TPSA) is 57.8 Å². The van der Waals surface area contributed by atoms with Crippen LogP contribution in [0.3, 0.4) is 0 Å². The van der Waals surface area contributed by atoms with E-state index in [1.807, 2.05) is 0 Å². The summed E-state index contributed by atoms with van der Waals surface area (Å²) in [6, 6.07) is 1.45. The van der Waals surface area contributed by atoms with Crippen LogP contribution in [0, 0.1) is 0 Å². The van der Waals surface area contributed by atoms with E-state index in [0.717, 1.165) is 6.54 Å². The van der Waals surface area contributed by atoms with Crippen LogP contribution < -0.4 is 10.9 Å². The maximum atomic E-state index is 10.9. The Morgan fingerprint density at radius 2 is 2.54 bits per heavy atom. The molecule has 0 saturated carbocycles. The van der Waals surface area contributed by atoms with E-state index in [1.54, 1.807) is 11.8 Å². The Bertz CT molecular complexity index is 312. The Morgan fingerprint density at radius 3 is 3.15 bits per heavy atom. The monoisotopic (exact) mass is 199 g/mol. The lowest BCUT2D eigenvalue weighted by Gasteiger charge is -2.09. The van der Waals surface area contributed by atoms with Gasteiger partial charge in [0.25, 0.3) is 5.56 Å². The lowest BCUT2D eigenvalue weighted by atomic mass is 10.4. The molecule has 0 bridgehead atoms. The summed E-state index contributed by atoms with van der Waals surface area (Å²) in [6.45, 7) is 2.93. The molecule has 5 heteroatoms. The van der Waals surface area contributed by atoms with Gasteiger partial charge in [-0.1, -0.05) is 6.92 Å². The van der Waals surface area contributed by atoms with Gasteiger partial charge in [-0.25, -0.2) is 4.98 Å². The lowest BCUT2D eigenvalue weighted by Crippen LogP contribution is -2.15. The van der Waals surface area contributed by atoms with Crippen LogP contribution in [0.1, 0.15) is 6.92 Å². The van der Waals surface area contributed by atoms with E-state index in [4.69, 9.17) is 0 Å². The molecular weight excluding hydrogens is 186 g/mol. The second-order valence-electron chi connectivity index (χ2n) is 2.72. The Labute approximate surface area is 81.2 Å². The molecule has 1 heterocycles. The summed E-state index contributed by atoms with van der Waals surface area (Å²) in [5.74, 6) is 0.629. The summed E-state index contributed by atoms with van der Waals surface area (Å²) in [7, 11) is 0. The quantitative estimate of drug-likeness (QED) is 0.757. The third-order valence-electron chi connectivity index (χ3n) is 1.65. The molecule has 0 aromatic carbocycles. The fourth-order valence-electron chi connectivity index (χ4n) is 0.797. The minimum absolute atomic E-state index is 0.130. The standard InChI is InChI=1S/C8H13N3OS/c1-6(13-2)4-9-7-3-8(12)11-5-10-7/h3,5-6H,4H2,1-2H3,(H2,9,10,11,12). The van der Waals surface area contributed by atoms with E-state index in [2.05, 4.69) is 28.5 Å². The number of hydrogen-bond donors (Lipinski definition) is 2. The smallest absolute Gasteiger partial charge is 0.252 e.